The van der Waals surface area contributed by atoms with Gasteiger partial charge in [-0.1, -0.05) is 48.1 Å². The summed E-state index contributed by atoms with van der Waals surface area (Å²) in [6, 6.07) is 8.17. The lowest BCUT2D eigenvalue weighted by Gasteiger charge is -2.33. The monoisotopic (exact) mass is 314 g/mol. The second-order valence-corrected chi connectivity index (χ2v) is 5.41. The first-order valence-corrected chi connectivity index (χ1v) is 7.63. The number of piperazine rings is 1. The lowest BCUT2D eigenvalue weighted by molar-refractivity contribution is -0.127. The summed E-state index contributed by atoms with van der Waals surface area (Å²) in [5, 5.41) is 0. The third-order valence-electron chi connectivity index (χ3n) is 3.74. The van der Waals surface area contributed by atoms with Crippen LogP contribution in [0.5, 0.6) is 0 Å². The molecule has 1 aromatic carbocycles. The quantitative estimate of drug-likeness (QED) is 0.636. The van der Waals surface area contributed by atoms with E-state index in [1.165, 1.54) is 12.7 Å². The molecule has 0 aromatic heterocycles. The molecule has 23 heavy (non-hydrogen) atoms. The molecule has 0 atom stereocenters. The molecule has 1 heterocycles. The molecule has 5 nitrogen and oxygen atoms in total. The van der Waals surface area contributed by atoms with Gasteiger partial charge in [0, 0.05) is 32.3 Å². The number of methoxy groups -OCH3 is 1. The van der Waals surface area contributed by atoms with Crippen LogP contribution in [0.4, 0.5) is 4.79 Å². The second kappa shape index (κ2) is 8.17. The van der Waals surface area contributed by atoms with Crippen molar-refractivity contribution in [2.75, 3.05) is 33.3 Å². The van der Waals surface area contributed by atoms with Gasteiger partial charge in [0.25, 0.3) is 0 Å². The molecule has 2 rings (SSSR count). The summed E-state index contributed by atoms with van der Waals surface area (Å²) in [5.41, 5.74) is 2.32. The fourth-order valence-corrected chi connectivity index (χ4v) is 2.33. The Morgan fingerprint density at radius 2 is 1.61 bits per heavy atom. The highest BCUT2D eigenvalue weighted by Gasteiger charge is 2.23. The molecule has 5 heteroatoms. The van der Waals surface area contributed by atoms with Crippen LogP contribution in [0.25, 0.3) is 6.08 Å². The third-order valence-corrected chi connectivity index (χ3v) is 3.74. The number of hydrogen-bond acceptors (Lipinski definition) is 3. The Labute approximate surface area is 136 Å². The van der Waals surface area contributed by atoms with Gasteiger partial charge < -0.3 is 14.5 Å². The van der Waals surface area contributed by atoms with Crippen LogP contribution in [-0.4, -0.2) is 55.1 Å². The maximum absolute atomic E-state index is 12.1. The Morgan fingerprint density at radius 1 is 1.00 bits per heavy atom. The Kier molecular flexibility index (Phi) is 5.97. The molecular formula is C18H22N2O3. The zero-order valence-corrected chi connectivity index (χ0v) is 13.6. The normalized spacial score (nSPS) is 15.4. The van der Waals surface area contributed by atoms with Gasteiger partial charge in [0.1, 0.15) is 0 Å². The minimum Gasteiger partial charge on any atom is -0.453 e. The fourth-order valence-electron chi connectivity index (χ4n) is 2.33. The van der Waals surface area contributed by atoms with Crippen LogP contribution < -0.4 is 0 Å². The summed E-state index contributed by atoms with van der Waals surface area (Å²) in [5.74, 6) is -0.0388. The lowest BCUT2D eigenvalue weighted by atomic mass is 10.1. The van der Waals surface area contributed by atoms with E-state index in [9.17, 15) is 9.59 Å². The summed E-state index contributed by atoms with van der Waals surface area (Å²) in [6.07, 6.45) is 6.77. The summed E-state index contributed by atoms with van der Waals surface area (Å²) in [7, 11) is 1.36. The predicted molar refractivity (Wildman–Crippen MR) is 89.9 cm³/mol. The van der Waals surface area contributed by atoms with Crippen LogP contribution in [0.2, 0.25) is 0 Å². The van der Waals surface area contributed by atoms with Gasteiger partial charge in [0.15, 0.2) is 0 Å². The van der Waals surface area contributed by atoms with Crippen molar-refractivity contribution in [2.24, 2.45) is 0 Å². The molecular weight excluding hydrogens is 292 g/mol. The summed E-state index contributed by atoms with van der Waals surface area (Å²) in [6.45, 7) is 4.11. The van der Waals surface area contributed by atoms with Crippen molar-refractivity contribution in [2.45, 2.75) is 6.92 Å². The zero-order valence-electron chi connectivity index (χ0n) is 13.6. The molecule has 1 aliphatic heterocycles. The van der Waals surface area contributed by atoms with Crippen molar-refractivity contribution in [1.82, 2.24) is 9.80 Å². The number of amides is 2. The number of nitrogens with zero attached hydrogens (tertiary/aromatic N) is 2. The van der Waals surface area contributed by atoms with E-state index in [0.717, 1.165) is 5.56 Å². The van der Waals surface area contributed by atoms with E-state index >= 15 is 0 Å². The standard InChI is InChI=1S/C18H22N2O3/c1-15-7-9-16(10-8-15)5-3-4-6-17(21)19-11-13-20(14-12-19)18(22)23-2/h3-10H,11-14H2,1-2H3/b5-3+,6-4+. The minimum atomic E-state index is -0.339. The van der Waals surface area contributed by atoms with Gasteiger partial charge in [-0.2, -0.15) is 0 Å². The number of carbonyl (C=O) groups excluding carboxylic acids is 2. The molecule has 0 aliphatic carbocycles. The van der Waals surface area contributed by atoms with Crippen molar-refractivity contribution in [3.05, 3.63) is 53.6 Å². The van der Waals surface area contributed by atoms with Crippen LogP contribution >= 0.6 is 0 Å². The first kappa shape index (κ1) is 16.8. The molecule has 1 aromatic rings. The van der Waals surface area contributed by atoms with Gasteiger partial charge in [-0.15, -0.1) is 0 Å². The molecule has 2 amide bonds. The van der Waals surface area contributed by atoms with Crippen LogP contribution in [0.15, 0.2) is 42.5 Å². The number of aryl methyl sites for hydroxylation is 1. The third kappa shape index (κ3) is 4.98. The number of allylic oxidation sites excluding steroid dienone is 2. The first-order chi connectivity index (χ1) is 11.1. The largest absolute Gasteiger partial charge is 0.453 e. The van der Waals surface area contributed by atoms with E-state index in [2.05, 4.69) is 16.9 Å². The van der Waals surface area contributed by atoms with Crippen LogP contribution in [0.3, 0.4) is 0 Å². The van der Waals surface area contributed by atoms with Crippen molar-refractivity contribution >= 4 is 18.1 Å². The minimum absolute atomic E-state index is 0.0388. The highest BCUT2D eigenvalue weighted by molar-refractivity contribution is 5.88. The van der Waals surface area contributed by atoms with Crippen LogP contribution in [0.1, 0.15) is 11.1 Å². The number of hydrogen-bond donors (Lipinski definition) is 0. The lowest BCUT2D eigenvalue weighted by Crippen LogP contribution is -2.50. The molecule has 0 radical (unpaired) electrons. The Morgan fingerprint density at radius 3 is 2.22 bits per heavy atom. The van der Waals surface area contributed by atoms with Crippen LogP contribution in [0, 0.1) is 6.92 Å². The maximum Gasteiger partial charge on any atom is 0.409 e. The van der Waals surface area contributed by atoms with Gasteiger partial charge in [0.05, 0.1) is 7.11 Å². The molecule has 0 unspecified atom stereocenters. The second-order valence-electron chi connectivity index (χ2n) is 5.41. The molecule has 1 aliphatic rings. The average Bonchev–Trinajstić information content (AvgIpc) is 2.59. The van der Waals surface area contributed by atoms with Crippen molar-refractivity contribution < 1.29 is 14.3 Å². The molecule has 0 bridgehead atoms. The van der Waals surface area contributed by atoms with Gasteiger partial charge in [-0.25, -0.2) is 4.79 Å². The average molecular weight is 314 g/mol. The summed E-state index contributed by atoms with van der Waals surface area (Å²) in [4.78, 5) is 26.8. The van der Waals surface area contributed by atoms with E-state index in [0.29, 0.717) is 26.2 Å². The number of ether oxygens (including phenoxy) is 1. The number of rotatable bonds is 3. The van der Waals surface area contributed by atoms with Gasteiger partial charge in [-0.05, 0) is 12.5 Å². The van der Waals surface area contributed by atoms with E-state index < -0.39 is 0 Å². The number of benzene rings is 1. The SMILES string of the molecule is COC(=O)N1CCN(C(=O)/C=C/C=C/c2ccc(C)cc2)CC1. The van der Waals surface area contributed by atoms with E-state index in [-0.39, 0.29) is 12.0 Å². The smallest absolute Gasteiger partial charge is 0.409 e. The molecule has 0 spiro atoms. The Balaban J connectivity index is 1.80. The maximum atomic E-state index is 12.1. The van der Waals surface area contributed by atoms with Crippen molar-refractivity contribution in [3.8, 4) is 0 Å². The molecule has 0 N–H and O–H groups in total. The Hall–Kier alpha value is -2.56. The fraction of sp³-hybridized carbons (Fsp3) is 0.333. The predicted octanol–water partition coefficient (Wildman–Crippen LogP) is 2.48. The number of carbonyl (C=O) groups is 2. The van der Waals surface area contributed by atoms with Gasteiger partial charge in [0.2, 0.25) is 5.91 Å². The van der Waals surface area contributed by atoms with E-state index in [1.807, 2.05) is 31.2 Å². The van der Waals surface area contributed by atoms with E-state index in [4.69, 9.17) is 0 Å². The van der Waals surface area contributed by atoms with Crippen molar-refractivity contribution in [3.63, 3.8) is 0 Å². The Bertz CT molecular complexity index is 597. The summed E-state index contributed by atoms with van der Waals surface area (Å²) < 4.78 is 4.67. The highest BCUT2D eigenvalue weighted by Crippen LogP contribution is 2.06. The van der Waals surface area contributed by atoms with E-state index in [1.54, 1.807) is 22.0 Å². The van der Waals surface area contributed by atoms with Crippen LogP contribution in [-0.2, 0) is 9.53 Å². The molecule has 122 valence electrons. The zero-order chi connectivity index (χ0) is 16.7. The summed E-state index contributed by atoms with van der Waals surface area (Å²) >= 11 is 0. The molecule has 1 saturated heterocycles. The molecule has 0 saturated carbocycles. The van der Waals surface area contributed by atoms with Gasteiger partial charge >= 0.3 is 6.09 Å². The van der Waals surface area contributed by atoms with Crippen molar-refractivity contribution in [1.29, 1.82) is 0 Å². The highest BCUT2D eigenvalue weighted by atomic mass is 16.5. The molecule has 1 fully saturated rings. The first-order valence-electron chi connectivity index (χ1n) is 7.63. The van der Waals surface area contributed by atoms with Gasteiger partial charge in [-0.3, -0.25) is 4.79 Å². The topological polar surface area (TPSA) is 49.9 Å².